The lowest BCUT2D eigenvalue weighted by atomic mass is 10.1. The van der Waals surface area contributed by atoms with Crippen molar-refractivity contribution in [3.8, 4) is 0 Å². The largest absolute Gasteiger partial charge is 0.326 e. The highest BCUT2D eigenvalue weighted by Crippen LogP contribution is 2.10. The smallest absolute Gasteiger partial charge is 0.0237 e. The maximum atomic E-state index is 5.69. The summed E-state index contributed by atoms with van der Waals surface area (Å²) in [5.74, 6) is 0. The third-order valence-electron chi connectivity index (χ3n) is 2.32. The highest BCUT2D eigenvalue weighted by Gasteiger charge is 2.03. The van der Waals surface area contributed by atoms with Crippen LogP contribution in [-0.4, -0.2) is 18.5 Å². The highest BCUT2D eigenvalue weighted by molar-refractivity contribution is 5.26. The first-order chi connectivity index (χ1) is 7.13. The third kappa shape index (κ3) is 3.86. The van der Waals surface area contributed by atoms with E-state index < -0.39 is 0 Å². The van der Waals surface area contributed by atoms with E-state index in [0.717, 1.165) is 13.1 Å². The molecule has 0 aliphatic rings. The summed E-state index contributed by atoms with van der Waals surface area (Å²) in [4.78, 5) is 2.25. The molecular weight excluding hydrogens is 184 g/mol. The predicted octanol–water partition coefficient (Wildman–Crippen LogP) is 2.15. The Hall–Kier alpha value is -1.12. The van der Waals surface area contributed by atoms with Crippen LogP contribution in [0.5, 0.6) is 0 Å². The first kappa shape index (κ1) is 12.0. The van der Waals surface area contributed by atoms with Crippen molar-refractivity contribution in [3.05, 3.63) is 47.5 Å². The lowest BCUT2D eigenvalue weighted by molar-refractivity contribution is 0.354. The number of nitrogens with zero attached hydrogens (tertiary/aromatic N) is 1. The number of nitrogens with two attached hydrogens (primary N) is 1. The van der Waals surface area contributed by atoms with Crippen molar-refractivity contribution >= 4 is 0 Å². The van der Waals surface area contributed by atoms with Crippen molar-refractivity contribution in [3.63, 3.8) is 0 Å². The average molecular weight is 204 g/mol. The monoisotopic (exact) mass is 204 g/mol. The van der Waals surface area contributed by atoms with Crippen molar-refractivity contribution < 1.29 is 0 Å². The second-order valence-corrected chi connectivity index (χ2v) is 4.10. The van der Waals surface area contributed by atoms with Crippen molar-refractivity contribution in [2.75, 3.05) is 13.6 Å². The average Bonchev–Trinajstić information content (AvgIpc) is 2.17. The van der Waals surface area contributed by atoms with Crippen LogP contribution in [0.1, 0.15) is 18.1 Å². The Morgan fingerprint density at radius 3 is 2.47 bits per heavy atom. The van der Waals surface area contributed by atoms with Crippen LogP contribution < -0.4 is 5.73 Å². The molecule has 0 aliphatic heterocycles. The van der Waals surface area contributed by atoms with Crippen LogP contribution in [0, 0.1) is 0 Å². The highest BCUT2D eigenvalue weighted by atomic mass is 15.1. The molecule has 15 heavy (non-hydrogen) atoms. The maximum Gasteiger partial charge on any atom is 0.0237 e. The van der Waals surface area contributed by atoms with E-state index in [1.165, 1.54) is 16.7 Å². The van der Waals surface area contributed by atoms with Gasteiger partial charge in [0.1, 0.15) is 0 Å². The van der Waals surface area contributed by atoms with Crippen LogP contribution in [-0.2, 0) is 13.1 Å². The van der Waals surface area contributed by atoms with Gasteiger partial charge in [-0.2, -0.15) is 0 Å². The molecule has 0 aliphatic carbocycles. The molecule has 0 unspecified atom stereocenters. The van der Waals surface area contributed by atoms with E-state index in [0.29, 0.717) is 6.54 Å². The van der Waals surface area contributed by atoms with Crippen molar-refractivity contribution in [1.82, 2.24) is 4.90 Å². The van der Waals surface area contributed by atoms with E-state index in [1.807, 2.05) is 13.0 Å². The molecule has 0 radical (unpaired) electrons. The zero-order chi connectivity index (χ0) is 11.3. The van der Waals surface area contributed by atoms with E-state index >= 15 is 0 Å². The molecule has 0 spiro atoms. The Kier molecular flexibility index (Phi) is 4.53. The van der Waals surface area contributed by atoms with Crippen LogP contribution >= 0.6 is 0 Å². The maximum absolute atomic E-state index is 5.69. The van der Waals surface area contributed by atoms with Gasteiger partial charge in [0.2, 0.25) is 0 Å². The Labute approximate surface area is 92.4 Å². The van der Waals surface area contributed by atoms with E-state index in [1.54, 1.807) is 0 Å². The van der Waals surface area contributed by atoms with Crippen LogP contribution in [0.25, 0.3) is 0 Å². The van der Waals surface area contributed by atoms with Crippen molar-refractivity contribution in [2.24, 2.45) is 5.73 Å². The molecule has 82 valence electrons. The molecule has 0 amide bonds. The van der Waals surface area contributed by atoms with E-state index in [-0.39, 0.29) is 0 Å². The van der Waals surface area contributed by atoms with E-state index in [9.17, 15) is 0 Å². The normalized spacial score (nSPS) is 10.7. The van der Waals surface area contributed by atoms with Gasteiger partial charge in [-0.1, -0.05) is 36.4 Å². The number of rotatable bonds is 5. The number of hydrogen-bond donors (Lipinski definition) is 1. The Balaban J connectivity index is 2.67. The standard InChI is InChI=1S/C13H20N2/c1-11(2)9-15(3)10-13-7-5-4-6-12(13)8-14/h4-7H,1,8-10,14H2,2-3H3. The number of benzene rings is 1. The molecule has 1 aromatic rings. The molecule has 2 nitrogen and oxygen atoms in total. The molecule has 0 heterocycles. The first-order valence-corrected chi connectivity index (χ1v) is 5.23. The minimum atomic E-state index is 0.608. The fraction of sp³-hybridized carbons (Fsp3) is 0.385. The molecule has 0 saturated heterocycles. The van der Waals surface area contributed by atoms with Gasteiger partial charge in [0.05, 0.1) is 0 Å². The molecule has 0 saturated carbocycles. The minimum absolute atomic E-state index is 0.608. The van der Waals surface area contributed by atoms with Gasteiger partial charge < -0.3 is 5.73 Å². The lowest BCUT2D eigenvalue weighted by Gasteiger charge is -2.18. The summed E-state index contributed by atoms with van der Waals surface area (Å²) < 4.78 is 0. The van der Waals surface area contributed by atoms with Gasteiger partial charge in [0.25, 0.3) is 0 Å². The summed E-state index contributed by atoms with van der Waals surface area (Å²) in [5.41, 5.74) is 9.41. The molecule has 0 aromatic heterocycles. The summed E-state index contributed by atoms with van der Waals surface area (Å²) in [5, 5.41) is 0. The van der Waals surface area contributed by atoms with Gasteiger partial charge in [-0.15, -0.1) is 0 Å². The molecule has 2 N–H and O–H groups in total. The molecule has 1 aromatic carbocycles. The van der Waals surface area contributed by atoms with Crippen LogP contribution in [0.3, 0.4) is 0 Å². The Bertz CT molecular complexity index is 331. The van der Waals surface area contributed by atoms with E-state index in [4.69, 9.17) is 5.73 Å². The molecular formula is C13H20N2. The predicted molar refractivity (Wildman–Crippen MR) is 65.5 cm³/mol. The topological polar surface area (TPSA) is 29.3 Å². The lowest BCUT2D eigenvalue weighted by Crippen LogP contribution is -2.20. The molecule has 2 heteroatoms. The van der Waals surface area contributed by atoms with Gasteiger partial charge in [-0.3, -0.25) is 4.90 Å². The number of likely N-dealkylation sites (N-methyl/N-ethyl adjacent to an activating group) is 1. The molecule has 0 fully saturated rings. The molecule has 1 rings (SSSR count). The van der Waals surface area contributed by atoms with Crippen LogP contribution in [0.15, 0.2) is 36.4 Å². The Morgan fingerprint density at radius 1 is 1.33 bits per heavy atom. The van der Waals surface area contributed by atoms with Crippen LogP contribution in [0.2, 0.25) is 0 Å². The van der Waals surface area contributed by atoms with E-state index in [2.05, 4.69) is 36.7 Å². The summed E-state index contributed by atoms with van der Waals surface area (Å²) in [6, 6.07) is 8.31. The van der Waals surface area contributed by atoms with Gasteiger partial charge in [-0.05, 0) is 25.1 Å². The summed E-state index contributed by atoms with van der Waals surface area (Å²) >= 11 is 0. The first-order valence-electron chi connectivity index (χ1n) is 5.23. The van der Waals surface area contributed by atoms with Gasteiger partial charge in [-0.25, -0.2) is 0 Å². The third-order valence-corrected chi connectivity index (χ3v) is 2.32. The zero-order valence-electron chi connectivity index (χ0n) is 9.66. The van der Waals surface area contributed by atoms with Crippen molar-refractivity contribution in [2.45, 2.75) is 20.0 Å². The van der Waals surface area contributed by atoms with Gasteiger partial charge in [0, 0.05) is 19.6 Å². The van der Waals surface area contributed by atoms with Gasteiger partial charge >= 0.3 is 0 Å². The minimum Gasteiger partial charge on any atom is -0.326 e. The molecule has 0 atom stereocenters. The fourth-order valence-corrected chi connectivity index (χ4v) is 1.72. The number of hydrogen-bond acceptors (Lipinski definition) is 2. The zero-order valence-corrected chi connectivity index (χ0v) is 9.66. The second kappa shape index (κ2) is 5.69. The van der Waals surface area contributed by atoms with Gasteiger partial charge in [0.15, 0.2) is 0 Å². The summed E-state index contributed by atoms with van der Waals surface area (Å²) in [7, 11) is 2.10. The SMILES string of the molecule is C=C(C)CN(C)Cc1ccccc1CN. The van der Waals surface area contributed by atoms with Crippen LogP contribution in [0.4, 0.5) is 0 Å². The second-order valence-electron chi connectivity index (χ2n) is 4.10. The summed E-state index contributed by atoms with van der Waals surface area (Å²) in [6.07, 6.45) is 0. The molecule has 0 bridgehead atoms. The summed E-state index contributed by atoms with van der Waals surface area (Å²) in [6.45, 7) is 8.43. The fourth-order valence-electron chi connectivity index (χ4n) is 1.72. The van der Waals surface area contributed by atoms with Crippen molar-refractivity contribution in [1.29, 1.82) is 0 Å². The Morgan fingerprint density at radius 2 is 1.93 bits per heavy atom. The quantitative estimate of drug-likeness (QED) is 0.745.